The van der Waals surface area contributed by atoms with Crippen molar-refractivity contribution in [1.29, 1.82) is 0 Å². The number of hydrazine groups is 1. The Labute approximate surface area is 114 Å². The smallest absolute Gasteiger partial charge is 0.223 e. The number of hydrazone groups is 1. The van der Waals surface area contributed by atoms with E-state index >= 15 is 0 Å². The molecule has 0 aliphatic rings. The van der Waals surface area contributed by atoms with Gasteiger partial charge in [0.2, 0.25) is 11.3 Å². The van der Waals surface area contributed by atoms with E-state index in [-0.39, 0.29) is 0 Å². The number of hydrogen-bond acceptors (Lipinski definition) is 1. The third-order valence-corrected chi connectivity index (χ3v) is 3.16. The molecular weight excluding hydrogens is 289 g/mol. The Bertz CT molecular complexity index is 434. The van der Waals surface area contributed by atoms with Crippen LogP contribution in [-0.4, -0.2) is 18.4 Å². The van der Waals surface area contributed by atoms with E-state index in [9.17, 15) is 0 Å². The van der Waals surface area contributed by atoms with Crippen molar-refractivity contribution in [2.75, 3.05) is 7.05 Å². The molecule has 16 heavy (non-hydrogen) atoms. The Morgan fingerprint density at radius 3 is 2.56 bits per heavy atom. The van der Waals surface area contributed by atoms with Crippen molar-refractivity contribution in [3.05, 3.63) is 32.8 Å². The Balaban J connectivity index is 2.88. The third-order valence-electron chi connectivity index (χ3n) is 1.71. The number of rotatable bonds is 2. The summed E-state index contributed by atoms with van der Waals surface area (Å²) >= 11 is 22.7. The van der Waals surface area contributed by atoms with Crippen LogP contribution in [0.2, 0.25) is 15.1 Å². The van der Waals surface area contributed by atoms with Gasteiger partial charge in [0.05, 0.1) is 20.6 Å². The number of nitrogens with one attached hydrogen (secondary N) is 3. The van der Waals surface area contributed by atoms with Gasteiger partial charge in [-0.1, -0.05) is 34.8 Å². The van der Waals surface area contributed by atoms with Gasteiger partial charge in [0.15, 0.2) is 0 Å². The normalized spacial score (nSPS) is 10.5. The fourth-order valence-corrected chi connectivity index (χ4v) is 1.61. The van der Waals surface area contributed by atoms with E-state index in [1.54, 1.807) is 25.4 Å². The average Bonchev–Trinajstić information content (AvgIpc) is 2.28. The number of hydrogen-bond donors (Lipinski definition) is 3. The van der Waals surface area contributed by atoms with Crippen molar-refractivity contribution in [1.82, 2.24) is 10.7 Å². The first-order valence-corrected chi connectivity index (χ1v) is 5.80. The molecule has 0 aliphatic carbocycles. The molecule has 1 rings (SSSR count). The molecule has 0 amide bonds. The zero-order chi connectivity index (χ0) is 12.1. The third kappa shape index (κ3) is 3.49. The minimum Gasteiger partial charge on any atom is -0.361 e. The molecule has 0 heterocycles. The summed E-state index contributed by atoms with van der Waals surface area (Å²) in [6.07, 6.45) is 1.58. The second-order valence-corrected chi connectivity index (χ2v) is 4.35. The lowest BCUT2D eigenvalue weighted by atomic mass is 10.2. The minimum atomic E-state index is 0.388. The highest BCUT2D eigenvalue weighted by Crippen LogP contribution is 2.29. The molecular formula is C9H9Cl3N3S+. The van der Waals surface area contributed by atoms with Crippen LogP contribution >= 0.6 is 47.0 Å². The van der Waals surface area contributed by atoms with Crippen LogP contribution < -0.4 is 15.8 Å². The maximum atomic E-state index is 5.98. The molecule has 0 bridgehead atoms. The molecule has 0 spiro atoms. The van der Waals surface area contributed by atoms with Crippen LogP contribution in [0, 0.1) is 0 Å². The molecule has 1 aromatic rings. The van der Waals surface area contributed by atoms with Crippen LogP contribution in [0.15, 0.2) is 12.1 Å². The maximum absolute atomic E-state index is 5.98. The Kier molecular flexibility index (Phi) is 5.28. The lowest BCUT2D eigenvalue weighted by molar-refractivity contribution is -0.500. The molecule has 0 aliphatic heterocycles. The van der Waals surface area contributed by atoms with Crippen molar-refractivity contribution in [3.63, 3.8) is 0 Å². The average molecular weight is 298 g/mol. The second-order valence-electron chi connectivity index (χ2n) is 2.75. The molecule has 0 saturated heterocycles. The van der Waals surface area contributed by atoms with Gasteiger partial charge in [-0.05, 0) is 24.4 Å². The van der Waals surface area contributed by atoms with E-state index in [0.29, 0.717) is 25.7 Å². The fourth-order valence-electron chi connectivity index (χ4n) is 0.911. The van der Waals surface area contributed by atoms with Gasteiger partial charge < -0.3 is 5.32 Å². The molecule has 7 heteroatoms. The Morgan fingerprint density at radius 1 is 1.31 bits per heavy atom. The molecule has 0 radical (unpaired) electrons. The van der Waals surface area contributed by atoms with Crippen LogP contribution in [-0.2, 0) is 0 Å². The van der Waals surface area contributed by atoms with E-state index in [1.807, 2.05) is 0 Å². The standard InChI is InChI=1S/C9H8Cl3N3S/c1-13-9(16)15-14-4-5-6(10)2-3-7(11)8(5)12/h2-4H,1H3,(H2,13,15,16)/p+1. The molecule has 3 N–H and O–H groups in total. The molecule has 0 aromatic heterocycles. The van der Waals surface area contributed by atoms with Crippen LogP contribution in [0.3, 0.4) is 0 Å². The Hall–Kier alpha value is -0.550. The molecule has 0 atom stereocenters. The van der Waals surface area contributed by atoms with Gasteiger partial charge in [-0.15, -0.1) is 10.5 Å². The van der Waals surface area contributed by atoms with E-state index in [0.717, 1.165) is 0 Å². The summed E-state index contributed by atoms with van der Waals surface area (Å²) in [6, 6.07) is 3.30. The fraction of sp³-hybridized carbons (Fsp3) is 0.111. The molecule has 1 aromatic carbocycles. The van der Waals surface area contributed by atoms with Crippen molar-refractivity contribution < 1.29 is 5.10 Å². The van der Waals surface area contributed by atoms with Gasteiger partial charge in [-0.2, -0.15) is 0 Å². The first kappa shape index (κ1) is 13.5. The van der Waals surface area contributed by atoms with Gasteiger partial charge in [0.1, 0.15) is 0 Å². The predicted octanol–water partition coefficient (Wildman–Crippen LogP) is 1.16. The molecule has 86 valence electrons. The van der Waals surface area contributed by atoms with Crippen LogP contribution in [0.1, 0.15) is 5.56 Å². The zero-order valence-electron chi connectivity index (χ0n) is 8.27. The lowest BCUT2D eigenvalue weighted by Crippen LogP contribution is -2.82. The maximum Gasteiger partial charge on any atom is 0.223 e. The summed E-state index contributed by atoms with van der Waals surface area (Å²) in [6.45, 7) is 0. The first-order valence-electron chi connectivity index (χ1n) is 4.26. The molecule has 3 nitrogen and oxygen atoms in total. The number of halogens is 3. The quantitative estimate of drug-likeness (QED) is 0.332. The van der Waals surface area contributed by atoms with Crippen molar-refractivity contribution in [2.45, 2.75) is 0 Å². The zero-order valence-corrected chi connectivity index (χ0v) is 11.4. The summed E-state index contributed by atoms with van der Waals surface area (Å²) < 4.78 is 0. The highest BCUT2D eigenvalue weighted by Gasteiger charge is 2.09. The highest BCUT2D eigenvalue weighted by molar-refractivity contribution is 7.80. The van der Waals surface area contributed by atoms with Crippen molar-refractivity contribution in [2.24, 2.45) is 0 Å². The van der Waals surface area contributed by atoms with Crippen LogP contribution in [0.4, 0.5) is 0 Å². The molecule has 0 unspecified atom stereocenters. The van der Waals surface area contributed by atoms with Gasteiger partial charge in [0, 0.05) is 7.05 Å². The summed E-state index contributed by atoms with van der Waals surface area (Å²) in [5.41, 5.74) is 3.31. The van der Waals surface area contributed by atoms with Crippen LogP contribution in [0.25, 0.3) is 0 Å². The highest BCUT2D eigenvalue weighted by atomic mass is 35.5. The van der Waals surface area contributed by atoms with E-state index in [4.69, 9.17) is 47.0 Å². The predicted molar refractivity (Wildman–Crippen MR) is 72.4 cm³/mol. The monoisotopic (exact) mass is 296 g/mol. The topological polar surface area (TPSA) is 38.0 Å². The number of benzene rings is 1. The molecule has 0 saturated carbocycles. The summed E-state index contributed by atoms with van der Waals surface area (Å²) in [7, 11) is 1.70. The lowest BCUT2D eigenvalue weighted by Gasteiger charge is -2.00. The van der Waals surface area contributed by atoms with E-state index < -0.39 is 0 Å². The van der Waals surface area contributed by atoms with Gasteiger partial charge in [0.25, 0.3) is 0 Å². The second kappa shape index (κ2) is 6.25. The first-order chi connectivity index (χ1) is 7.56. The van der Waals surface area contributed by atoms with Gasteiger partial charge in [-0.3, -0.25) is 0 Å². The van der Waals surface area contributed by atoms with Gasteiger partial charge >= 0.3 is 0 Å². The SMILES string of the molecule is CNC(=S)N[NH+]=Cc1c(Cl)ccc(Cl)c1Cl. The summed E-state index contributed by atoms with van der Waals surface area (Å²) in [5, 5.41) is 7.27. The minimum absolute atomic E-state index is 0.388. The van der Waals surface area contributed by atoms with Crippen molar-refractivity contribution >= 4 is 58.3 Å². The summed E-state index contributed by atoms with van der Waals surface area (Å²) in [5.74, 6) is 0. The van der Waals surface area contributed by atoms with E-state index in [2.05, 4.69) is 15.8 Å². The number of thiocarbonyl (C=S) groups is 1. The van der Waals surface area contributed by atoms with Gasteiger partial charge in [-0.25, -0.2) is 0 Å². The Morgan fingerprint density at radius 2 is 1.94 bits per heavy atom. The molecule has 0 fully saturated rings. The van der Waals surface area contributed by atoms with E-state index in [1.165, 1.54) is 0 Å². The summed E-state index contributed by atoms with van der Waals surface area (Å²) in [4.78, 5) is 0. The van der Waals surface area contributed by atoms with Crippen molar-refractivity contribution in [3.8, 4) is 0 Å². The largest absolute Gasteiger partial charge is 0.361 e. The van der Waals surface area contributed by atoms with Crippen LogP contribution in [0.5, 0.6) is 0 Å².